The second kappa shape index (κ2) is 5.46. The van der Waals surface area contributed by atoms with Crippen LogP contribution in [0.5, 0.6) is 0 Å². The first-order chi connectivity index (χ1) is 7.09. The van der Waals surface area contributed by atoms with Crippen LogP contribution in [0.1, 0.15) is 10.4 Å². The Balaban J connectivity index is 2.47. The van der Waals surface area contributed by atoms with Crippen LogP contribution in [-0.4, -0.2) is 33.2 Å². The molecule has 15 heavy (non-hydrogen) atoms. The predicted molar refractivity (Wildman–Crippen MR) is 54.4 cm³/mol. The second-order valence-electron chi connectivity index (χ2n) is 3.60. The van der Waals surface area contributed by atoms with Crippen LogP contribution in [0.25, 0.3) is 0 Å². The zero-order chi connectivity index (χ0) is 11.3. The number of likely N-dealkylation sites (N-methyl/N-ethyl adjacent to an activating group) is 1. The molecule has 0 fully saturated rings. The summed E-state index contributed by atoms with van der Waals surface area (Å²) in [5.41, 5.74) is 0.253. The Morgan fingerprint density at radius 1 is 1.47 bits per heavy atom. The Labute approximate surface area is 88.5 Å². The molecule has 0 aliphatic rings. The van der Waals surface area contributed by atoms with Crippen LogP contribution in [0.4, 0.5) is 4.39 Å². The zero-order valence-corrected chi connectivity index (χ0v) is 8.92. The molecule has 1 aromatic carbocycles. The summed E-state index contributed by atoms with van der Waals surface area (Å²) in [6.07, 6.45) is 0. The van der Waals surface area contributed by atoms with Gasteiger partial charge in [-0.1, -0.05) is 6.07 Å². The Morgan fingerprint density at radius 3 is 2.80 bits per heavy atom. The molecular formula is C11H15FNO2+. The van der Waals surface area contributed by atoms with Crippen LogP contribution in [0.15, 0.2) is 24.3 Å². The van der Waals surface area contributed by atoms with Gasteiger partial charge in [-0.2, -0.15) is 0 Å². The molecule has 4 heteroatoms. The van der Waals surface area contributed by atoms with Crippen molar-refractivity contribution in [2.45, 2.75) is 0 Å². The van der Waals surface area contributed by atoms with Crippen LogP contribution >= 0.6 is 0 Å². The van der Waals surface area contributed by atoms with E-state index >= 15 is 0 Å². The number of hydrogen-bond acceptors (Lipinski definition) is 2. The molecule has 0 unspecified atom stereocenters. The monoisotopic (exact) mass is 212 g/mol. The number of rotatable bonds is 4. The SMILES string of the molecule is C[NH+](C)CCOC(=O)c1cccc(F)c1. The van der Waals surface area contributed by atoms with Gasteiger partial charge in [-0.15, -0.1) is 0 Å². The number of halogens is 1. The van der Waals surface area contributed by atoms with E-state index in [4.69, 9.17) is 4.74 Å². The van der Waals surface area contributed by atoms with Crippen LogP contribution in [0.3, 0.4) is 0 Å². The van der Waals surface area contributed by atoms with Crippen LogP contribution in [-0.2, 0) is 4.74 Å². The van der Waals surface area contributed by atoms with Crippen molar-refractivity contribution in [1.29, 1.82) is 0 Å². The Hall–Kier alpha value is -1.42. The van der Waals surface area contributed by atoms with Crippen molar-refractivity contribution < 1.29 is 18.8 Å². The van der Waals surface area contributed by atoms with Gasteiger partial charge in [0.05, 0.1) is 19.7 Å². The van der Waals surface area contributed by atoms with Gasteiger partial charge in [0, 0.05) is 0 Å². The zero-order valence-electron chi connectivity index (χ0n) is 8.92. The molecule has 1 aromatic rings. The van der Waals surface area contributed by atoms with Gasteiger partial charge in [-0.3, -0.25) is 0 Å². The third-order valence-corrected chi connectivity index (χ3v) is 1.90. The van der Waals surface area contributed by atoms with Crippen molar-refractivity contribution >= 4 is 5.97 Å². The molecule has 3 nitrogen and oxygen atoms in total. The summed E-state index contributed by atoms with van der Waals surface area (Å²) in [7, 11) is 3.94. The average molecular weight is 212 g/mol. The lowest BCUT2D eigenvalue weighted by Gasteiger charge is -2.07. The highest BCUT2D eigenvalue weighted by atomic mass is 19.1. The van der Waals surface area contributed by atoms with E-state index in [-0.39, 0.29) is 5.56 Å². The van der Waals surface area contributed by atoms with E-state index in [1.165, 1.54) is 29.2 Å². The maximum atomic E-state index is 12.8. The largest absolute Gasteiger partial charge is 0.456 e. The summed E-state index contributed by atoms with van der Waals surface area (Å²) >= 11 is 0. The summed E-state index contributed by atoms with van der Waals surface area (Å²) in [5, 5.41) is 0. The number of hydrogen-bond donors (Lipinski definition) is 1. The molecule has 0 spiro atoms. The molecule has 0 amide bonds. The van der Waals surface area contributed by atoms with Crippen molar-refractivity contribution in [3.05, 3.63) is 35.6 Å². The van der Waals surface area contributed by atoms with E-state index in [0.29, 0.717) is 6.61 Å². The quantitative estimate of drug-likeness (QED) is 0.719. The molecule has 0 atom stereocenters. The molecule has 82 valence electrons. The van der Waals surface area contributed by atoms with E-state index in [2.05, 4.69) is 0 Å². The standard InChI is InChI=1S/C11H14FNO2/c1-13(2)6-7-15-11(14)9-4-3-5-10(12)8-9/h3-5,8H,6-7H2,1-2H3/p+1. The highest BCUT2D eigenvalue weighted by molar-refractivity contribution is 5.89. The maximum absolute atomic E-state index is 12.8. The van der Waals surface area contributed by atoms with Gasteiger partial charge in [0.1, 0.15) is 19.0 Å². The van der Waals surface area contributed by atoms with Gasteiger partial charge in [-0.25, -0.2) is 9.18 Å². The van der Waals surface area contributed by atoms with Gasteiger partial charge < -0.3 is 9.64 Å². The first-order valence-corrected chi connectivity index (χ1v) is 4.81. The van der Waals surface area contributed by atoms with E-state index in [1.54, 1.807) is 0 Å². The number of esters is 1. The summed E-state index contributed by atoms with van der Waals surface area (Å²) in [6, 6.07) is 5.49. The first kappa shape index (κ1) is 11.7. The smallest absolute Gasteiger partial charge is 0.338 e. The van der Waals surface area contributed by atoms with Gasteiger partial charge in [-0.05, 0) is 18.2 Å². The van der Waals surface area contributed by atoms with Crippen molar-refractivity contribution in [1.82, 2.24) is 0 Å². The number of quaternary nitrogens is 1. The molecular weight excluding hydrogens is 197 g/mol. The molecule has 0 heterocycles. The first-order valence-electron chi connectivity index (χ1n) is 4.81. The minimum Gasteiger partial charge on any atom is -0.456 e. The fourth-order valence-electron chi connectivity index (χ4n) is 1.05. The van der Waals surface area contributed by atoms with Gasteiger partial charge in [0.25, 0.3) is 0 Å². The van der Waals surface area contributed by atoms with Crippen molar-refractivity contribution in [3.63, 3.8) is 0 Å². The third kappa shape index (κ3) is 4.08. The molecule has 1 N–H and O–H groups in total. The van der Waals surface area contributed by atoms with Crippen molar-refractivity contribution in [2.75, 3.05) is 27.2 Å². The lowest BCUT2D eigenvalue weighted by atomic mass is 10.2. The highest BCUT2D eigenvalue weighted by Gasteiger charge is 2.07. The molecule has 0 bridgehead atoms. The molecule has 0 aliphatic heterocycles. The maximum Gasteiger partial charge on any atom is 0.338 e. The lowest BCUT2D eigenvalue weighted by molar-refractivity contribution is -0.858. The van der Waals surface area contributed by atoms with Crippen LogP contribution < -0.4 is 4.90 Å². The lowest BCUT2D eigenvalue weighted by Crippen LogP contribution is -3.06. The number of benzene rings is 1. The molecule has 1 rings (SSSR count). The number of nitrogens with one attached hydrogen (secondary N) is 1. The van der Waals surface area contributed by atoms with E-state index in [9.17, 15) is 9.18 Å². The predicted octanol–water partition coefficient (Wildman–Crippen LogP) is 0.127. The van der Waals surface area contributed by atoms with Crippen LogP contribution in [0, 0.1) is 5.82 Å². The average Bonchev–Trinajstić information content (AvgIpc) is 2.17. The van der Waals surface area contributed by atoms with E-state index < -0.39 is 11.8 Å². The number of ether oxygens (including phenoxy) is 1. The topological polar surface area (TPSA) is 30.7 Å². The second-order valence-corrected chi connectivity index (χ2v) is 3.60. The molecule has 0 saturated carbocycles. The minimum absolute atomic E-state index is 0.253. The summed E-state index contributed by atoms with van der Waals surface area (Å²) in [5.74, 6) is -0.904. The fourth-order valence-corrected chi connectivity index (χ4v) is 1.05. The molecule has 0 radical (unpaired) electrons. The van der Waals surface area contributed by atoms with Crippen molar-refractivity contribution in [2.24, 2.45) is 0 Å². The molecule has 0 aliphatic carbocycles. The van der Waals surface area contributed by atoms with Gasteiger partial charge in [0.15, 0.2) is 0 Å². The molecule has 0 saturated heterocycles. The highest BCUT2D eigenvalue weighted by Crippen LogP contribution is 2.04. The normalized spacial score (nSPS) is 10.4. The fraction of sp³-hybridized carbons (Fsp3) is 0.364. The summed E-state index contributed by atoms with van der Waals surface area (Å²) in [4.78, 5) is 12.6. The van der Waals surface area contributed by atoms with E-state index in [1.807, 2.05) is 14.1 Å². The summed E-state index contributed by atoms with van der Waals surface area (Å²) in [6.45, 7) is 1.08. The Kier molecular flexibility index (Phi) is 4.24. The minimum atomic E-state index is -0.476. The third-order valence-electron chi connectivity index (χ3n) is 1.90. The van der Waals surface area contributed by atoms with E-state index in [0.717, 1.165) is 6.54 Å². The Bertz CT molecular complexity index is 339. The van der Waals surface area contributed by atoms with Gasteiger partial charge >= 0.3 is 5.97 Å². The van der Waals surface area contributed by atoms with Crippen LogP contribution in [0.2, 0.25) is 0 Å². The van der Waals surface area contributed by atoms with Crippen molar-refractivity contribution in [3.8, 4) is 0 Å². The van der Waals surface area contributed by atoms with Gasteiger partial charge in [0.2, 0.25) is 0 Å². The number of carbonyl (C=O) groups is 1. The summed E-state index contributed by atoms with van der Waals surface area (Å²) < 4.78 is 17.7. The number of carbonyl (C=O) groups excluding carboxylic acids is 1. The Morgan fingerprint density at radius 2 is 2.20 bits per heavy atom. The molecule has 0 aromatic heterocycles.